The number of barbiturate groups is 1. The Kier molecular flexibility index (Phi) is 4.63. The lowest BCUT2D eigenvalue weighted by Gasteiger charge is -2.57. The summed E-state index contributed by atoms with van der Waals surface area (Å²) in [5, 5.41) is 2.33. The van der Waals surface area contributed by atoms with Gasteiger partial charge in [-0.15, -0.1) is 0 Å². The first-order chi connectivity index (χ1) is 17.4. The summed E-state index contributed by atoms with van der Waals surface area (Å²) in [5.41, 5.74) is 3.41. The zero-order valence-electron chi connectivity index (χ0n) is 20.2. The molecule has 4 amide bonds. The van der Waals surface area contributed by atoms with Crippen molar-refractivity contribution in [3.8, 4) is 11.5 Å². The number of benzene rings is 2. The number of rotatable bonds is 3. The first-order valence-corrected chi connectivity index (χ1v) is 12.8. The largest absolute Gasteiger partial charge is 0.454 e. The average molecular weight is 485 g/mol. The quantitative estimate of drug-likeness (QED) is 0.497. The third kappa shape index (κ3) is 3.29. The molecular weight excluding hydrogens is 456 g/mol. The van der Waals surface area contributed by atoms with Gasteiger partial charge in [-0.1, -0.05) is 12.1 Å². The van der Waals surface area contributed by atoms with E-state index in [0.717, 1.165) is 28.2 Å². The number of nitrogens with one attached hydrogen (secondary N) is 1. The van der Waals surface area contributed by atoms with Crippen molar-refractivity contribution >= 4 is 29.6 Å². The van der Waals surface area contributed by atoms with Crippen molar-refractivity contribution in [1.29, 1.82) is 0 Å². The zero-order chi connectivity index (χ0) is 24.6. The first-order valence-electron chi connectivity index (χ1n) is 12.8. The van der Waals surface area contributed by atoms with Gasteiger partial charge >= 0.3 is 6.03 Å². The van der Waals surface area contributed by atoms with E-state index in [4.69, 9.17) is 9.47 Å². The predicted molar refractivity (Wildman–Crippen MR) is 133 cm³/mol. The summed E-state index contributed by atoms with van der Waals surface area (Å²) < 4.78 is 10.8. The predicted octanol–water partition coefficient (Wildman–Crippen LogP) is 4.86. The molecule has 6 aliphatic rings. The van der Waals surface area contributed by atoms with Crippen molar-refractivity contribution in [3.63, 3.8) is 0 Å². The SMILES string of the molecule is Cc1cc2c(cc1/C=C1\C(=O)NC(=O)N(c3ccc(C45CC6CC(CC(C6)C4)C5)cc3)C1=O)OCO2. The summed E-state index contributed by atoms with van der Waals surface area (Å²) in [6.07, 6.45) is 9.40. The van der Waals surface area contributed by atoms with Crippen LogP contribution in [0.3, 0.4) is 0 Å². The summed E-state index contributed by atoms with van der Waals surface area (Å²) in [7, 11) is 0. The van der Waals surface area contributed by atoms with Crippen LogP contribution in [0.15, 0.2) is 42.0 Å². The van der Waals surface area contributed by atoms with Crippen molar-refractivity contribution in [2.24, 2.45) is 17.8 Å². The number of amides is 4. The van der Waals surface area contributed by atoms with Gasteiger partial charge < -0.3 is 9.47 Å². The highest BCUT2D eigenvalue weighted by molar-refractivity contribution is 6.39. The number of carbonyl (C=O) groups is 3. The van der Waals surface area contributed by atoms with Gasteiger partial charge in [0.2, 0.25) is 6.79 Å². The fraction of sp³-hybridized carbons (Fsp3) is 0.414. The highest BCUT2D eigenvalue weighted by Gasteiger charge is 2.51. The minimum Gasteiger partial charge on any atom is -0.454 e. The van der Waals surface area contributed by atoms with Crippen LogP contribution in [-0.4, -0.2) is 24.6 Å². The summed E-state index contributed by atoms with van der Waals surface area (Å²) in [6, 6.07) is 10.7. The molecule has 7 nitrogen and oxygen atoms in total. The van der Waals surface area contributed by atoms with Gasteiger partial charge in [0.05, 0.1) is 5.69 Å². The van der Waals surface area contributed by atoms with E-state index in [-0.39, 0.29) is 17.8 Å². The minimum atomic E-state index is -0.730. The second-order valence-corrected chi connectivity index (χ2v) is 11.3. The zero-order valence-corrected chi connectivity index (χ0v) is 20.2. The smallest absolute Gasteiger partial charge is 0.335 e. The summed E-state index contributed by atoms with van der Waals surface area (Å²) in [6.45, 7) is 2.00. The maximum atomic E-state index is 13.4. The second-order valence-electron chi connectivity index (χ2n) is 11.3. The molecule has 0 radical (unpaired) electrons. The van der Waals surface area contributed by atoms with E-state index in [0.29, 0.717) is 22.7 Å². The van der Waals surface area contributed by atoms with Crippen LogP contribution in [0.25, 0.3) is 6.08 Å². The maximum Gasteiger partial charge on any atom is 0.335 e. The Morgan fingerprint density at radius 2 is 1.53 bits per heavy atom. The molecule has 7 heteroatoms. The van der Waals surface area contributed by atoms with Crippen LogP contribution < -0.4 is 19.7 Å². The minimum absolute atomic E-state index is 0.0956. The monoisotopic (exact) mass is 484 g/mol. The lowest BCUT2D eigenvalue weighted by atomic mass is 9.48. The fourth-order valence-electron chi connectivity index (χ4n) is 7.69. The highest BCUT2D eigenvalue weighted by atomic mass is 16.7. The molecule has 0 spiro atoms. The number of hydrogen-bond acceptors (Lipinski definition) is 5. The number of anilines is 1. The van der Waals surface area contributed by atoms with Crippen LogP contribution in [0.5, 0.6) is 11.5 Å². The van der Waals surface area contributed by atoms with Crippen LogP contribution in [0.1, 0.15) is 55.2 Å². The molecule has 4 aliphatic carbocycles. The Balaban J connectivity index is 1.19. The molecule has 0 aromatic heterocycles. The lowest BCUT2D eigenvalue weighted by molar-refractivity contribution is -0.122. The van der Waals surface area contributed by atoms with E-state index < -0.39 is 17.8 Å². The van der Waals surface area contributed by atoms with Gasteiger partial charge in [0.25, 0.3) is 11.8 Å². The van der Waals surface area contributed by atoms with Gasteiger partial charge in [0.1, 0.15) is 5.57 Å². The van der Waals surface area contributed by atoms with Gasteiger partial charge in [-0.2, -0.15) is 0 Å². The third-order valence-corrected chi connectivity index (χ3v) is 8.94. The van der Waals surface area contributed by atoms with Gasteiger partial charge in [-0.3, -0.25) is 14.9 Å². The number of imide groups is 2. The van der Waals surface area contributed by atoms with Gasteiger partial charge in [0, 0.05) is 0 Å². The molecule has 5 fully saturated rings. The molecule has 184 valence electrons. The normalized spacial score (nSPS) is 31.4. The average Bonchev–Trinajstić information content (AvgIpc) is 3.28. The maximum absolute atomic E-state index is 13.4. The molecule has 8 rings (SSSR count). The number of carbonyl (C=O) groups excluding carboxylic acids is 3. The molecular formula is C29H28N2O5. The van der Waals surface area contributed by atoms with Crippen molar-refractivity contribution in [1.82, 2.24) is 5.32 Å². The number of ether oxygens (including phenoxy) is 2. The Labute approximate surface area is 209 Å². The van der Waals surface area contributed by atoms with Gasteiger partial charge in [0.15, 0.2) is 11.5 Å². The Hall–Kier alpha value is -3.61. The molecule has 4 bridgehead atoms. The number of hydrogen-bond donors (Lipinski definition) is 1. The number of urea groups is 1. The van der Waals surface area contributed by atoms with E-state index in [9.17, 15) is 14.4 Å². The van der Waals surface area contributed by atoms with Gasteiger partial charge in [-0.25, -0.2) is 9.69 Å². The molecule has 36 heavy (non-hydrogen) atoms. The van der Waals surface area contributed by atoms with E-state index in [2.05, 4.69) is 17.4 Å². The highest BCUT2D eigenvalue weighted by Crippen LogP contribution is 2.60. The van der Waals surface area contributed by atoms with Crippen LogP contribution in [-0.2, 0) is 15.0 Å². The topological polar surface area (TPSA) is 84.9 Å². The Bertz CT molecular complexity index is 1310. The van der Waals surface area contributed by atoms with Crippen LogP contribution >= 0.6 is 0 Å². The van der Waals surface area contributed by atoms with E-state index >= 15 is 0 Å². The van der Waals surface area contributed by atoms with Gasteiger partial charge in [-0.05, 0) is 116 Å². The Morgan fingerprint density at radius 3 is 2.17 bits per heavy atom. The molecule has 1 saturated heterocycles. The molecule has 2 heterocycles. The van der Waals surface area contributed by atoms with E-state index in [1.54, 1.807) is 6.07 Å². The standard InChI is InChI=1S/C29H28N2O5/c1-16-6-24-25(36-15-35-24)11-20(16)10-23-26(32)30-28(34)31(27(23)33)22-4-2-21(3-5-22)29-12-17-7-18(13-29)9-19(8-17)14-29/h2-6,10-11,17-19H,7-9,12-15H2,1H3,(H,30,32,34)/b23-10+. The molecule has 2 aromatic carbocycles. The van der Waals surface area contributed by atoms with Crippen LogP contribution in [0, 0.1) is 24.7 Å². The number of aryl methyl sites for hydroxylation is 1. The van der Waals surface area contributed by atoms with Crippen LogP contribution in [0.2, 0.25) is 0 Å². The van der Waals surface area contributed by atoms with Crippen molar-refractivity contribution in [2.75, 3.05) is 11.7 Å². The molecule has 4 saturated carbocycles. The summed E-state index contributed by atoms with van der Waals surface area (Å²) in [4.78, 5) is 39.9. The van der Waals surface area contributed by atoms with Crippen molar-refractivity contribution < 1.29 is 23.9 Å². The Morgan fingerprint density at radius 1 is 0.917 bits per heavy atom. The van der Waals surface area contributed by atoms with Crippen molar-refractivity contribution in [3.05, 3.63) is 58.7 Å². The lowest BCUT2D eigenvalue weighted by Crippen LogP contribution is -2.54. The molecule has 1 N–H and O–H groups in total. The van der Waals surface area contributed by atoms with Crippen molar-refractivity contribution in [2.45, 2.75) is 50.9 Å². The van der Waals surface area contributed by atoms with Crippen LogP contribution in [0.4, 0.5) is 10.5 Å². The molecule has 0 atom stereocenters. The fourth-order valence-corrected chi connectivity index (χ4v) is 7.69. The second kappa shape index (κ2) is 7.69. The number of fused-ring (bicyclic) bond motifs is 1. The van der Waals surface area contributed by atoms with E-state index in [1.807, 2.05) is 25.1 Å². The number of nitrogens with zero attached hydrogens (tertiary/aromatic N) is 1. The molecule has 2 aliphatic heterocycles. The van der Waals surface area contributed by atoms with E-state index in [1.165, 1.54) is 50.2 Å². The molecule has 2 aromatic rings. The molecule has 0 unspecified atom stereocenters. The first kappa shape index (κ1) is 21.7. The summed E-state index contributed by atoms with van der Waals surface area (Å²) in [5.74, 6) is 2.36. The third-order valence-electron chi connectivity index (χ3n) is 8.94. The summed E-state index contributed by atoms with van der Waals surface area (Å²) >= 11 is 0.